The molecule has 22 heavy (non-hydrogen) atoms. The van der Waals surface area contributed by atoms with E-state index in [9.17, 15) is 4.79 Å². The molecule has 5 heteroatoms. The summed E-state index contributed by atoms with van der Waals surface area (Å²) < 4.78 is 0. The van der Waals surface area contributed by atoms with Gasteiger partial charge in [-0.15, -0.1) is 0 Å². The van der Waals surface area contributed by atoms with Crippen molar-refractivity contribution in [2.45, 2.75) is 25.7 Å². The summed E-state index contributed by atoms with van der Waals surface area (Å²) in [6.07, 6.45) is 0. The normalized spacial score (nSPS) is 13.6. The van der Waals surface area contributed by atoms with E-state index in [2.05, 4.69) is 0 Å². The molecule has 0 heterocycles. The Bertz CT molecular complexity index is 616. The number of nitrogens with two attached hydrogens (primary N) is 2. The summed E-state index contributed by atoms with van der Waals surface area (Å²) in [5.41, 5.74) is 14.2. The average Bonchev–Trinajstić information content (AvgIpc) is 2.45. The SMILES string of the molecule is CC(C(=O)C(C)c1c(N)cccc1Cl)c1c(N)cccc1Cl. The molecule has 2 unspecified atom stereocenters. The van der Waals surface area contributed by atoms with Crippen LogP contribution in [0.2, 0.25) is 10.0 Å². The first-order chi connectivity index (χ1) is 10.3. The van der Waals surface area contributed by atoms with Crippen molar-refractivity contribution in [2.24, 2.45) is 0 Å². The molecule has 0 bridgehead atoms. The molecule has 0 aliphatic rings. The minimum atomic E-state index is -0.445. The molecule has 0 amide bonds. The number of carbonyl (C=O) groups is 1. The minimum absolute atomic E-state index is 0.0281. The van der Waals surface area contributed by atoms with Crippen molar-refractivity contribution >= 4 is 40.4 Å². The molecule has 0 saturated carbocycles. The molecule has 0 fully saturated rings. The van der Waals surface area contributed by atoms with E-state index in [-0.39, 0.29) is 5.78 Å². The topological polar surface area (TPSA) is 69.1 Å². The van der Waals surface area contributed by atoms with Crippen molar-refractivity contribution in [1.29, 1.82) is 0 Å². The van der Waals surface area contributed by atoms with Crippen LogP contribution in [-0.4, -0.2) is 5.78 Å². The maximum Gasteiger partial charge on any atom is 0.147 e. The van der Waals surface area contributed by atoms with Crippen molar-refractivity contribution in [3.63, 3.8) is 0 Å². The predicted molar refractivity (Wildman–Crippen MR) is 93.6 cm³/mol. The Morgan fingerprint density at radius 1 is 0.864 bits per heavy atom. The van der Waals surface area contributed by atoms with Crippen LogP contribution in [0.5, 0.6) is 0 Å². The molecule has 2 atom stereocenters. The third-order valence-corrected chi connectivity index (χ3v) is 4.55. The van der Waals surface area contributed by atoms with Gasteiger partial charge in [-0.25, -0.2) is 0 Å². The van der Waals surface area contributed by atoms with Crippen LogP contribution in [0.1, 0.15) is 36.8 Å². The monoisotopic (exact) mass is 336 g/mol. The van der Waals surface area contributed by atoms with Crippen molar-refractivity contribution in [1.82, 2.24) is 0 Å². The van der Waals surface area contributed by atoms with Crippen LogP contribution in [-0.2, 0) is 4.79 Å². The molecule has 0 spiro atoms. The highest BCUT2D eigenvalue weighted by molar-refractivity contribution is 6.32. The molecule has 0 radical (unpaired) electrons. The van der Waals surface area contributed by atoms with Crippen LogP contribution in [0.3, 0.4) is 0 Å². The van der Waals surface area contributed by atoms with Crippen LogP contribution in [0.25, 0.3) is 0 Å². The van der Waals surface area contributed by atoms with Gasteiger partial charge < -0.3 is 11.5 Å². The zero-order valence-corrected chi connectivity index (χ0v) is 13.9. The van der Waals surface area contributed by atoms with Gasteiger partial charge in [0.25, 0.3) is 0 Å². The summed E-state index contributed by atoms with van der Waals surface area (Å²) in [5.74, 6) is -0.918. The molecule has 0 aliphatic heterocycles. The molecule has 2 aromatic carbocycles. The third-order valence-electron chi connectivity index (χ3n) is 3.89. The first-order valence-electron chi connectivity index (χ1n) is 6.96. The van der Waals surface area contributed by atoms with E-state index >= 15 is 0 Å². The van der Waals surface area contributed by atoms with Gasteiger partial charge in [-0.1, -0.05) is 49.2 Å². The Balaban J connectivity index is 2.39. The quantitative estimate of drug-likeness (QED) is 0.799. The average molecular weight is 337 g/mol. The lowest BCUT2D eigenvalue weighted by atomic mass is 9.84. The first kappa shape index (κ1) is 16.7. The molecule has 2 aromatic rings. The Kier molecular flexibility index (Phi) is 4.99. The Morgan fingerprint density at radius 3 is 1.55 bits per heavy atom. The molecule has 0 aliphatic carbocycles. The van der Waals surface area contributed by atoms with E-state index in [1.807, 2.05) is 0 Å². The van der Waals surface area contributed by atoms with Gasteiger partial charge >= 0.3 is 0 Å². The summed E-state index contributed by atoms with van der Waals surface area (Å²) in [4.78, 5) is 12.8. The predicted octanol–water partition coefficient (Wildman–Crippen LogP) is 4.63. The maximum absolute atomic E-state index is 12.8. The van der Waals surface area contributed by atoms with Gasteiger partial charge in [0.1, 0.15) is 5.78 Å². The second-order valence-electron chi connectivity index (χ2n) is 5.33. The van der Waals surface area contributed by atoms with E-state index in [1.165, 1.54) is 0 Å². The summed E-state index contributed by atoms with van der Waals surface area (Å²) in [6.45, 7) is 3.59. The number of Topliss-reactive ketones (excluding diaryl/α,β-unsaturated/α-hetero) is 1. The third kappa shape index (κ3) is 3.06. The maximum atomic E-state index is 12.8. The fourth-order valence-corrected chi connectivity index (χ4v) is 3.37. The second kappa shape index (κ2) is 6.59. The summed E-state index contributed by atoms with van der Waals surface area (Å²) >= 11 is 12.4. The number of rotatable bonds is 4. The number of halogens is 2. The number of nitrogen functional groups attached to an aromatic ring is 2. The molecular formula is C17H18Cl2N2O. The van der Waals surface area contributed by atoms with E-state index in [4.69, 9.17) is 34.7 Å². The highest BCUT2D eigenvalue weighted by atomic mass is 35.5. The molecule has 3 nitrogen and oxygen atoms in total. The minimum Gasteiger partial charge on any atom is -0.398 e. The van der Waals surface area contributed by atoms with Crippen LogP contribution < -0.4 is 11.5 Å². The molecule has 0 aromatic heterocycles. The van der Waals surface area contributed by atoms with Crippen LogP contribution in [0, 0.1) is 0 Å². The Hall–Kier alpha value is -1.71. The summed E-state index contributed by atoms with van der Waals surface area (Å²) in [5, 5.41) is 0.973. The highest BCUT2D eigenvalue weighted by Gasteiger charge is 2.28. The number of benzene rings is 2. The van der Waals surface area contributed by atoms with Gasteiger partial charge in [-0.05, 0) is 24.3 Å². The lowest BCUT2D eigenvalue weighted by molar-refractivity contribution is -0.121. The van der Waals surface area contributed by atoms with E-state index in [0.29, 0.717) is 32.5 Å². The zero-order valence-electron chi connectivity index (χ0n) is 12.4. The van der Waals surface area contributed by atoms with Gasteiger partial charge in [-0.2, -0.15) is 0 Å². The van der Waals surface area contributed by atoms with Crippen LogP contribution >= 0.6 is 23.2 Å². The van der Waals surface area contributed by atoms with Crippen molar-refractivity contribution in [3.8, 4) is 0 Å². The van der Waals surface area contributed by atoms with E-state index in [1.54, 1.807) is 50.2 Å². The number of hydrogen-bond acceptors (Lipinski definition) is 3. The van der Waals surface area contributed by atoms with Crippen LogP contribution in [0.15, 0.2) is 36.4 Å². The van der Waals surface area contributed by atoms with Gasteiger partial charge in [0.15, 0.2) is 0 Å². The van der Waals surface area contributed by atoms with Crippen molar-refractivity contribution < 1.29 is 4.79 Å². The number of anilines is 2. The zero-order chi connectivity index (χ0) is 16.4. The lowest BCUT2D eigenvalue weighted by Crippen LogP contribution is -2.19. The summed E-state index contributed by atoms with van der Waals surface area (Å²) in [6, 6.07) is 10.4. The molecular weight excluding hydrogens is 319 g/mol. The second-order valence-corrected chi connectivity index (χ2v) is 6.15. The number of carbonyl (C=O) groups excluding carboxylic acids is 1. The van der Waals surface area contributed by atoms with Gasteiger partial charge in [0.2, 0.25) is 0 Å². The molecule has 2 rings (SSSR count). The fraction of sp³-hybridized carbons (Fsp3) is 0.235. The van der Waals surface area contributed by atoms with Gasteiger partial charge in [-0.3, -0.25) is 4.79 Å². The fourth-order valence-electron chi connectivity index (χ4n) is 2.68. The van der Waals surface area contributed by atoms with Gasteiger partial charge in [0.05, 0.1) is 0 Å². The number of hydrogen-bond donors (Lipinski definition) is 2. The molecule has 0 saturated heterocycles. The first-order valence-corrected chi connectivity index (χ1v) is 7.71. The van der Waals surface area contributed by atoms with Crippen molar-refractivity contribution in [3.05, 3.63) is 57.6 Å². The Morgan fingerprint density at radius 2 is 1.23 bits per heavy atom. The standard InChI is InChI=1S/C17H18Cl2N2O/c1-9(15-11(18)5-3-7-13(15)20)17(22)10(2)16-12(19)6-4-8-14(16)21/h3-10H,20-21H2,1-2H3. The summed E-state index contributed by atoms with van der Waals surface area (Å²) in [7, 11) is 0. The van der Waals surface area contributed by atoms with E-state index in [0.717, 1.165) is 0 Å². The molecule has 116 valence electrons. The largest absolute Gasteiger partial charge is 0.398 e. The molecule has 4 N–H and O–H groups in total. The van der Waals surface area contributed by atoms with Gasteiger partial charge in [0, 0.05) is 44.4 Å². The smallest absolute Gasteiger partial charge is 0.147 e. The number of ketones is 1. The van der Waals surface area contributed by atoms with Crippen molar-refractivity contribution in [2.75, 3.05) is 11.5 Å². The lowest BCUT2D eigenvalue weighted by Gasteiger charge is -2.21. The highest BCUT2D eigenvalue weighted by Crippen LogP contribution is 2.37. The Labute approximate surface area is 140 Å². The van der Waals surface area contributed by atoms with E-state index < -0.39 is 11.8 Å². The van der Waals surface area contributed by atoms with Crippen LogP contribution in [0.4, 0.5) is 11.4 Å².